The summed E-state index contributed by atoms with van der Waals surface area (Å²) in [5, 5.41) is 11.9. The summed E-state index contributed by atoms with van der Waals surface area (Å²) in [7, 11) is 0. The molecule has 3 rings (SSSR count). The van der Waals surface area contributed by atoms with Crippen molar-refractivity contribution in [2.75, 3.05) is 6.54 Å². The third kappa shape index (κ3) is 8.30. The van der Waals surface area contributed by atoms with Gasteiger partial charge in [0.2, 0.25) is 5.91 Å². The lowest BCUT2D eigenvalue weighted by atomic mass is 10.1. The maximum atomic E-state index is 13.8. The number of rotatable bonds is 9. The monoisotopic (exact) mass is 500 g/mol. The first kappa shape index (κ1) is 28.7. The number of halogens is 2. The van der Waals surface area contributed by atoms with Crippen molar-refractivity contribution in [1.82, 2.24) is 9.88 Å². The van der Waals surface area contributed by atoms with Gasteiger partial charge < -0.3 is 19.7 Å². The summed E-state index contributed by atoms with van der Waals surface area (Å²) in [6.45, 7) is 7.72. The second-order valence-electron chi connectivity index (χ2n) is 8.16. The van der Waals surface area contributed by atoms with E-state index in [0.29, 0.717) is 37.2 Å². The zero-order valence-corrected chi connectivity index (χ0v) is 21.2. The van der Waals surface area contributed by atoms with E-state index in [0.717, 1.165) is 23.3 Å². The Morgan fingerprint density at radius 3 is 2.69 bits per heavy atom. The first-order valence-corrected chi connectivity index (χ1v) is 12.0. The molecule has 1 unspecified atom stereocenters. The fourth-order valence-corrected chi connectivity index (χ4v) is 3.49. The molecule has 1 aliphatic rings. The van der Waals surface area contributed by atoms with Gasteiger partial charge in [0.25, 0.3) is 5.56 Å². The number of hydrogen-bond donors (Lipinski definition) is 2. The highest BCUT2D eigenvalue weighted by atomic mass is 19.1. The number of aromatic nitrogens is 1. The molecule has 2 N–H and O–H groups in total. The molecule has 36 heavy (non-hydrogen) atoms. The average Bonchev–Trinajstić information content (AvgIpc) is 3.08. The number of benzene rings is 1. The van der Waals surface area contributed by atoms with Crippen molar-refractivity contribution in [2.24, 2.45) is 0 Å². The van der Waals surface area contributed by atoms with Crippen molar-refractivity contribution in [1.29, 1.82) is 0 Å². The number of pyridine rings is 1. The molecule has 8 heteroatoms. The van der Waals surface area contributed by atoms with Crippen LogP contribution in [-0.4, -0.2) is 28.2 Å². The van der Waals surface area contributed by atoms with Crippen LogP contribution in [0.5, 0.6) is 5.75 Å². The van der Waals surface area contributed by atoms with Crippen molar-refractivity contribution >= 4 is 5.91 Å². The lowest BCUT2D eigenvalue weighted by Crippen LogP contribution is -2.33. The number of aliphatic hydroxyl groups excluding tert-OH is 1. The maximum Gasteiger partial charge on any atom is 0.257 e. The first-order chi connectivity index (χ1) is 17.2. The Morgan fingerprint density at radius 1 is 1.25 bits per heavy atom. The normalized spacial score (nSPS) is 13.5. The first-order valence-electron chi connectivity index (χ1n) is 12.0. The van der Waals surface area contributed by atoms with Crippen LogP contribution in [0.15, 0.2) is 70.7 Å². The van der Waals surface area contributed by atoms with E-state index in [1.807, 2.05) is 38.2 Å². The fraction of sp³-hybridized carbons (Fsp3) is 0.357. The molecule has 6 nitrogen and oxygen atoms in total. The van der Waals surface area contributed by atoms with E-state index in [1.54, 1.807) is 23.8 Å². The van der Waals surface area contributed by atoms with Crippen LogP contribution >= 0.6 is 0 Å². The van der Waals surface area contributed by atoms with E-state index in [4.69, 9.17) is 4.74 Å². The molecule has 0 radical (unpaired) electrons. The summed E-state index contributed by atoms with van der Waals surface area (Å²) in [6, 6.07) is 4.93. The Morgan fingerprint density at radius 2 is 2.00 bits per heavy atom. The largest absolute Gasteiger partial charge is 0.488 e. The van der Waals surface area contributed by atoms with E-state index < -0.39 is 23.6 Å². The fourth-order valence-electron chi connectivity index (χ4n) is 3.49. The number of nitrogens with one attached hydrogen (secondary N) is 1. The Labute approximate surface area is 210 Å². The van der Waals surface area contributed by atoms with Crippen LogP contribution in [0.25, 0.3) is 0 Å². The Bertz CT molecular complexity index is 1200. The van der Waals surface area contributed by atoms with Gasteiger partial charge in [-0.3, -0.25) is 9.59 Å². The van der Waals surface area contributed by atoms with Gasteiger partial charge in [-0.15, -0.1) is 0 Å². The number of carbonyl (C=O) groups is 1. The second kappa shape index (κ2) is 14.1. The van der Waals surface area contributed by atoms with Gasteiger partial charge in [-0.2, -0.15) is 0 Å². The van der Waals surface area contributed by atoms with E-state index >= 15 is 0 Å². The summed E-state index contributed by atoms with van der Waals surface area (Å²) < 4.78 is 34.1. The number of hydrogen-bond acceptors (Lipinski definition) is 4. The lowest BCUT2D eigenvalue weighted by molar-refractivity contribution is -0.128. The van der Waals surface area contributed by atoms with Gasteiger partial charge in [-0.1, -0.05) is 38.2 Å². The van der Waals surface area contributed by atoms with Gasteiger partial charge >= 0.3 is 0 Å². The van der Waals surface area contributed by atoms with Crippen molar-refractivity contribution in [3.63, 3.8) is 0 Å². The zero-order valence-electron chi connectivity index (χ0n) is 21.2. The molecule has 0 saturated carbocycles. The number of carbonyl (C=O) groups excluding carboxylic acids is 1. The minimum absolute atomic E-state index is 0.119. The van der Waals surface area contributed by atoms with Crippen LogP contribution in [0, 0.1) is 18.6 Å². The van der Waals surface area contributed by atoms with E-state index in [1.165, 1.54) is 13.0 Å². The van der Waals surface area contributed by atoms with Crippen LogP contribution in [-0.2, 0) is 17.9 Å². The van der Waals surface area contributed by atoms with Crippen molar-refractivity contribution < 1.29 is 23.4 Å². The quantitative estimate of drug-likeness (QED) is 0.521. The highest BCUT2D eigenvalue weighted by molar-refractivity contribution is 5.79. The molecule has 2 aromatic rings. The molecular formula is C28H34F2N2O4. The third-order valence-corrected chi connectivity index (χ3v) is 5.44. The maximum absolute atomic E-state index is 13.8. The highest BCUT2D eigenvalue weighted by Crippen LogP contribution is 2.19. The topological polar surface area (TPSA) is 80.6 Å². The van der Waals surface area contributed by atoms with E-state index in [9.17, 15) is 23.5 Å². The number of amides is 1. The van der Waals surface area contributed by atoms with E-state index in [-0.39, 0.29) is 17.7 Å². The molecule has 1 aliphatic carbocycles. The summed E-state index contributed by atoms with van der Waals surface area (Å²) in [5.41, 5.74) is 2.39. The molecule has 1 atom stereocenters. The number of allylic oxidation sites excluding steroid dienone is 5. The minimum atomic E-state index is -1.05. The SMILES string of the molecule is CC.Cc1c(OCc2ccc(F)cc2F)ccn(CC2=CC(CCNC(=O)C(C)O)=CC=CC2)c1=O. The van der Waals surface area contributed by atoms with Gasteiger partial charge in [0.1, 0.15) is 30.1 Å². The highest BCUT2D eigenvalue weighted by Gasteiger charge is 2.12. The van der Waals surface area contributed by atoms with Gasteiger partial charge in [-0.25, -0.2) is 8.78 Å². The van der Waals surface area contributed by atoms with Crippen LogP contribution < -0.4 is 15.6 Å². The van der Waals surface area contributed by atoms with Crippen LogP contribution in [0.1, 0.15) is 44.7 Å². The third-order valence-electron chi connectivity index (χ3n) is 5.44. The minimum Gasteiger partial charge on any atom is -0.488 e. The molecule has 1 amide bonds. The van der Waals surface area contributed by atoms with Crippen LogP contribution in [0.2, 0.25) is 0 Å². The molecule has 0 saturated heterocycles. The average molecular weight is 501 g/mol. The predicted octanol–water partition coefficient (Wildman–Crippen LogP) is 4.74. The van der Waals surface area contributed by atoms with Gasteiger partial charge in [0.05, 0.1) is 5.56 Å². The molecule has 0 fully saturated rings. The smallest absolute Gasteiger partial charge is 0.257 e. The van der Waals surface area contributed by atoms with Gasteiger partial charge in [-0.05, 0) is 56.0 Å². The van der Waals surface area contributed by atoms with Crippen molar-refractivity contribution in [3.05, 3.63) is 99.0 Å². The summed E-state index contributed by atoms with van der Waals surface area (Å²) in [4.78, 5) is 24.4. The Balaban J connectivity index is 0.00000222. The van der Waals surface area contributed by atoms with Crippen LogP contribution in [0.3, 0.4) is 0 Å². The molecule has 0 aliphatic heterocycles. The molecule has 194 valence electrons. The van der Waals surface area contributed by atoms with E-state index in [2.05, 4.69) is 5.32 Å². The number of ether oxygens (including phenoxy) is 1. The van der Waals surface area contributed by atoms with Gasteiger partial charge in [0.15, 0.2) is 0 Å². The summed E-state index contributed by atoms with van der Waals surface area (Å²) in [6.07, 6.45) is 9.76. The van der Waals surface area contributed by atoms with Gasteiger partial charge in [0, 0.05) is 30.9 Å². The lowest BCUT2D eigenvalue weighted by Gasteiger charge is -2.14. The molecule has 1 heterocycles. The number of nitrogens with zero attached hydrogens (tertiary/aromatic N) is 1. The predicted molar refractivity (Wildman–Crippen MR) is 137 cm³/mol. The summed E-state index contributed by atoms with van der Waals surface area (Å²) in [5.74, 6) is -1.44. The molecule has 1 aromatic heterocycles. The Kier molecular flexibility index (Phi) is 11.3. The standard InChI is InChI=1S/C26H28F2N2O4.C2H6/c1-17-24(34-16-21-7-8-22(27)14-23(21)28)10-12-30(26(17)33)15-20-6-4-3-5-19(13-20)9-11-29-25(32)18(2)31;1-2/h3-5,7-8,10,12-14,18,31H,6,9,11,15-16H2,1-2H3,(H,29,32);1-2H3. The molecular weight excluding hydrogens is 466 g/mol. The Hall–Kier alpha value is -3.52. The van der Waals surface area contributed by atoms with Crippen molar-refractivity contribution in [3.8, 4) is 5.75 Å². The molecule has 0 bridgehead atoms. The van der Waals surface area contributed by atoms with Crippen molar-refractivity contribution in [2.45, 2.75) is 59.8 Å². The second-order valence-corrected chi connectivity index (χ2v) is 8.16. The number of aliphatic hydroxyl groups is 1. The zero-order chi connectivity index (χ0) is 26.7. The van der Waals surface area contributed by atoms with Crippen LogP contribution in [0.4, 0.5) is 8.78 Å². The summed E-state index contributed by atoms with van der Waals surface area (Å²) >= 11 is 0. The molecule has 1 aromatic carbocycles. The molecule has 0 spiro atoms.